The maximum absolute atomic E-state index is 11.2. The van der Waals surface area contributed by atoms with Gasteiger partial charge in [-0.15, -0.1) is 0 Å². The first kappa shape index (κ1) is 10.2. The molecule has 5 nitrogen and oxygen atoms in total. The van der Waals surface area contributed by atoms with Crippen molar-refractivity contribution in [3.63, 3.8) is 0 Å². The van der Waals surface area contributed by atoms with Crippen LogP contribution in [-0.2, 0) is 23.7 Å². The van der Waals surface area contributed by atoms with Gasteiger partial charge in [0.2, 0.25) is 12.1 Å². The highest BCUT2D eigenvalue weighted by molar-refractivity contribution is 5.75. The van der Waals surface area contributed by atoms with Crippen molar-refractivity contribution in [2.24, 2.45) is 11.8 Å². The lowest BCUT2D eigenvalue weighted by atomic mass is 9.79. The number of rotatable bonds is 1. The van der Waals surface area contributed by atoms with Gasteiger partial charge in [-0.1, -0.05) is 6.08 Å². The average molecular weight is 238 g/mol. The Hall–Kier alpha value is -0.750. The van der Waals surface area contributed by atoms with Gasteiger partial charge in [0, 0.05) is 5.92 Å². The summed E-state index contributed by atoms with van der Waals surface area (Å²) >= 11 is 0. The Morgan fingerprint density at radius 1 is 1.35 bits per heavy atom. The van der Waals surface area contributed by atoms with Gasteiger partial charge in [-0.3, -0.25) is 4.79 Å². The quantitative estimate of drug-likeness (QED) is 0.613. The van der Waals surface area contributed by atoms with E-state index in [4.69, 9.17) is 18.9 Å². The molecule has 17 heavy (non-hydrogen) atoms. The predicted octanol–water partition coefficient (Wildman–Crippen LogP) is 0.246. The summed E-state index contributed by atoms with van der Waals surface area (Å²) in [6, 6.07) is 0. The van der Waals surface area contributed by atoms with Gasteiger partial charge >= 0.3 is 0 Å². The zero-order chi connectivity index (χ0) is 11.5. The van der Waals surface area contributed by atoms with Crippen molar-refractivity contribution in [1.29, 1.82) is 0 Å². The Kier molecular flexibility index (Phi) is 2.03. The smallest absolute Gasteiger partial charge is 0.228 e. The van der Waals surface area contributed by atoms with E-state index in [1.807, 2.05) is 6.08 Å². The molecule has 0 unspecified atom stereocenters. The third-order valence-corrected chi connectivity index (χ3v) is 4.24. The topological polar surface area (TPSA) is 54.0 Å². The minimum atomic E-state index is -0.888. The summed E-state index contributed by atoms with van der Waals surface area (Å²) in [5.74, 6) is -0.679. The molecule has 5 heteroatoms. The summed E-state index contributed by atoms with van der Waals surface area (Å²) in [6.45, 7) is 1.63. The third-order valence-electron chi connectivity index (χ3n) is 4.24. The molecule has 4 atom stereocenters. The molecule has 0 aromatic heterocycles. The molecular weight excluding hydrogens is 224 g/mol. The fourth-order valence-electron chi connectivity index (χ4n) is 3.56. The molecule has 3 aliphatic heterocycles. The molecule has 1 aliphatic carbocycles. The van der Waals surface area contributed by atoms with Crippen LogP contribution in [0.2, 0.25) is 0 Å². The van der Waals surface area contributed by atoms with E-state index in [-0.39, 0.29) is 17.9 Å². The van der Waals surface area contributed by atoms with Crippen LogP contribution in [0.1, 0.15) is 6.42 Å². The Balaban J connectivity index is 1.80. The molecule has 0 saturated carbocycles. The van der Waals surface area contributed by atoms with E-state index in [9.17, 15) is 4.79 Å². The monoisotopic (exact) mass is 238 g/mol. The molecule has 3 heterocycles. The number of ether oxygens (including phenoxy) is 4. The molecule has 92 valence electrons. The van der Waals surface area contributed by atoms with Crippen molar-refractivity contribution in [3.8, 4) is 0 Å². The third kappa shape index (κ3) is 1.15. The summed E-state index contributed by atoms with van der Waals surface area (Å²) in [5.41, 5.74) is 0.778. The second-order valence-electron chi connectivity index (χ2n) is 4.96. The molecule has 1 spiro atoms. The van der Waals surface area contributed by atoms with Crippen molar-refractivity contribution in [3.05, 3.63) is 11.6 Å². The summed E-state index contributed by atoms with van der Waals surface area (Å²) in [5, 5.41) is 0. The minimum absolute atomic E-state index is 0.0336. The van der Waals surface area contributed by atoms with Crippen molar-refractivity contribution < 1.29 is 23.7 Å². The summed E-state index contributed by atoms with van der Waals surface area (Å²) in [6.07, 6.45) is 3.32. The van der Waals surface area contributed by atoms with E-state index >= 15 is 0 Å². The largest absolute Gasteiger partial charge is 0.345 e. The fourth-order valence-corrected chi connectivity index (χ4v) is 3.56. The average Bonchev–Trinajstić information content (AvgIpc) is 3.05. The van der Waals surface area contributed by atoms with Gasteiger partial charge in [0.1, 0.15) is 6.29 Å². The van der Waals surface area contributed by atoms with Gasteiger partial charge in [0.15, 0.2) is 0 Å². The second kappa shape index (κ2) is 3.38. The molecule has 4 aliphatic rings. The molecule has 4 rings (SSSR count). The Morgan fingerprint density at radius 3 is 2.94 bits per heavy atom. The fraction of sp³-hybridized carbons (Fsp3) is 0.750. The first-order chi connectivity index (χ1) is 8.35. The van der Waals surface area contributed by atoms with Gasteiger partial charge in [-0.25, -0.2) is 0 Å². The van der Waals surface area contributed by atoms with Crippen molar-refractivity contribution in [2.45, 2.75) is 24.6 Å². The normalized spacial score (nSPS) is 46.0. The zero-order valence-corrected chi connectivity index (χ0v) is 9.33. The number of carbonyl (C=O) groups excluding carboxylic acids is 1. The highest BCUT2D eigenvalue weighted by atomic mass is 16.8. The van der Waals surface area contributed by atoms with Gasteiger partial charge in [0.25, 0.3) is 0 Å². The molecule has 0 N–H and O–H groups in total. The highest BCUT2D eigenvalue weighted by Gasteiger charge is 2.65. The lowest BCUT2D eigenvalue weighted by Crippen LogP contribution is -2.57. The number of fused-ring (bicyclic) bond motifs is 6. The van der Waals surface area contributed by atoms with E-state index in [0.29, 0.717) is 19.8 Å². The van der Waals surface area contributed by atoms with Crippen LogP contribution < -0.4 is 0 Å². The van der Waals surface area contributed by atoms with Gasteiger partial charge in [0.05, 0.1) is 31.8 Å². The van der Waals surface area contributed by atoms with Crippen LogP contribution in [-0.4, -0.2) is 44.3 Å². The molecule has 2 bridgehead atoms. The number of hydrogen-bond donors (Lipinski definition) is 0. The summed E-state index contributed by atoms with van der Waals surface area (Å²) < 4.78 is 23.0. The first-order valence-corrected chi connectivity index (χ1v) is 6.05. The maximum atomic E-state index is 11.2. The van der Waals surface area contributed by atoms with Crippen LogP contribution >= 0.6 is 0 Å². The number of aldehydes is 1. The lowest BCUT2D eigenvalue weighted by molar-refractivity contribution is -0.330. The summed E-state index contributed by atoms with van der Waals surface area (Å²) in [7, 11) is 0. The van der Waals surface area contributed by atoms with E-state index < -0.39 is 12.1 Å². The van der Waals surface area contributed by atoms with Gasteiger partial charge in [-0.05, 0) is 12.0 Å². The Labute approximate surface area is 98.7 Å². The predicted molar refractivity (Wildman–Crippen MR) is 55.0 cm³/mol. The molecule has 0 aromatic carbocycles. The molecular formula is C12H14O5. The SMILES string of the molecule is O=CC1=CC[C@H]2[C@@H]1C1(OCCO1)[C@@H]1OC[C@H]2O1. The van der Waals surface area contributed by atoms with Crippen LogP contribution in [0.15, 0.2) is 11.6 Å². The van der Waals surface area contributed by atoms with Crippen molar-refractivity contribution in [1.82, 2.24) is 0 Å². The maximum Gasteiger partial charge on any atom is 0.228 e. The van der Waals surface area contributed by atoms with Crippen molar-refractivity contribution >= 4 is 6.29 Å². The summed E-state index contributed by atoms with van der Waals surface area (Å²) in [4.78, 5) is 11.2. The van der Waals surface area contributed by atoms with Gasteiger partial charge in [-0.2, -0.15) is 0 Å². The lowest BCUT2D eigenvalue weighted by Gasteiger charge is -2.44. The Morgan fingerprint density at radius 2 is 2.18 bits per heavy atom. The first-order valence-electron chi connectivity index (χ1n) is 6.05. The number of carbonyl (C=O) groups is 1. The molecule has 3 saturated heterocycles. The molecule has 0 radical (unpaired) electrons. The van der Waals surface area contributed by atoms with Crippen molar-refractivity contribution in [2.75, 3.05) is 19.8 Å². The second-order valence-corrected chi connectivity index (χ2v) is 4.96. The van der Waals surface area contributed by atoms with E-state index in [1.54, 1.807) is 0 Å². The van der Waals surface area contributed by atoms with Crippen LogP contribution in [0.5, 0.6) is 0 Å². The number of hydrogen-bond acceptors (Lipinski definition) is 5. The van der Waals surface area contributed by atoms with Crippen LogP contribution in [0.3, 0.4) is 0 Å². The van der Waals surface area contributed by atoms with E-state index in [1.165, 1.54) is 0 Å². The Bertz CT molecular complexity index is 384. The highest BCUT2D eigenvalue weighted by Crippen LogP contribution is 2.53. The van der Waals surface area contributed by atoms with Crippen LogP contribution in [0.25, 0.3) is 0 Å². The van der Waals surface area contributed by atoms with E-state index in [0.717, 1.165) is 18.3 Å². The van der Waals surface area contributed by atoms with Crippen LogP contribution in [0, 0.1) is 11.8 Å². The van der Waals surface area contributed by atoms with Crippen LogP contribution in [0.4, 0.5) is 0 Å². The molecule has 0 aromatic rings. The zero-order valence-electron chi connectivity index (χ0n) is 9.33. The van der Waals surface area contributed by atoms with Gasteiger partial charge < -0.3 is 18.9 Å². The minimum Gasteiger partial charge on any atom is -0.345 e. The standard InChI is InChI=1S/C12H14O5/c13-5-7-1-2-8-9-6-14-11(17-9)12(10(7)8)15-3-4-16-12/h1,5,8-11H,2-4,6H2/t8-,9-,10-,11-/m1/s1. The molecule has 0 amide bonds. The number of allylic oxidation sites excluding steroid dienone is 1. The molecule has 3 fully saturated rings. The van der Waals surface area contributed by atoms with E-state index in [2.05, 4.69) is 0 Å².